The lowest BCUT2D eigenvalue weighted by molar-refractivity contribution is 0.0983. The van der Waals surface area contributed by atoms with Crippen molar-refractivity contribution in [1.82, 2.24) is 4.98 Å². The monoisotopic (exact) mass is 270 g/mol. The normalized spacial score (nSPS) is 10.3. The molecule has 0 unspecified atom stereocenters. The van der Waals surface area contributed by atoms with E-state index in [4.69, 9.17) is 0 Å². The molecule has 1 N–H and O–H groups in total. The number of H-pyrrole nitrogens is 1. The summed E-state index contributed by atoms with van der Waals surface area (Å²) in [6.45, 7) is 5.96. The van der Waals surface area contributed by atoms with Gasteiger partial charge in [-0.2, -0.15) is 0 Å². The minimum atomic E-state index is -0.134. The Bertz CT molecular complexity index is 643. The molecular weight excluding hydrogens is 252 g/mol. The number of anilines is 1. The summed E-state index contributed by atoms with van der Waals surface area (Å²) in [5.74, 6) is -0.190. The Labute approximate surface area is 118 Å². The number of nitrogens with zero attached hydrogens (tertiary/aromatic N) is 1. The highest BCUT2D eigenvalue weighted by atomic mass is 16.2. The molecule has 2 rings (SSSR count). The average molecular weight is 270 g/mol. The number of ketones is 1. The van der Waals surface area contributed by atoms with Crippen molar-refractivity contribution in [2.24, 2.45) is 0 Å². The number of benzene rings is 1. The second-order valence-corrected chi connectivity index (χ2v) is 4.75. The summed E-state index contributed by atoms with van der Waals surface area (Å²) in [5.41, 5.74) is 2.91. The number of aryl methyl sites for hydroxylation is 1. The number of hydrogen-bond acceptors (Lipinski definition) is 2. The zero-order chi connectivity index (χ0) is 14.7. The maximum Gasteiger partial charge on any atom is 0.274 e. The Morgan fingerprint density at radius 2 is 2.00 bits per heavy atom. The van der Waals surface area contributed by atoms with E-state index in [0.717, 1.165) is 11.3 Å². The predicted molar refractivity (Wildman–Crippen MR) is 79.3 cm³/mol. The molecule has 0 radical (unpaired) electrons. The van der Waals surface area contributed by atoms with Gasteiger partial charge in [0.25, 0.3) is 5.91 Å². The van der Waals surface area contributed by atoms with Gasteiger partial charge in [0.15, 0.2) is 5.78 Å². The topological polar surface area (TPSA) is 53.2 Å². The van der Waals surface area contributed by atoms with E-state index in [-0.39, 0.29) is 11.7 Å². The van der Waals surface area contributed by atoms with Crippen molar-refractivity contribution >= 4 is 17.4 Å². The van der Waals surface area contributed by atoms with Crippen LogP contribution in [0.3, 0.4) is 0 Å². The molecule has 4 nitrogen and oxygen atoms in total. The lowest BCUT2D eigenvalue weighted by Crippen LogP contribution is -2.30. The van der Waals surface area contributed by atoms with E-state index in [1.807, 2.05) is 38.1 Å². The zero-order valence-corrected chi connectivity index (χ0v) is 11.9. The number of carbonyl (C=O) groups is 2. The molecule has 0 bridgehead atoms. The SMILES string of the molecule is CCN(C(=O)c1cc(C(C)=O)c[nH]1)c1cccc(C)c1. The summed E-state index contributed by atoms with van der Waals surface area (Å²) in [6.07, 6.45) is 1.57. The molecule has 104 valence electrons. The number of nitrogens with one attached hydrogen (secondary N) is 1. The second kappa shape index (κ2) is 5.74. The maximum absolute atomic E-state index is 12.5. The van der Waals surface area contributed by atoms with Crippen LogP contribution in [0.25, 0.3) is 0 Å². The molecule has 0 atom stereocenters. The molecule has 1 aromatic carbocycles. The van der Waals surface area contributed by atoms with Crippen LogP contribution in [0, 0.1) is 6.92 Å². The van der Waals surface area contributed by atoms with Crippen molar-refractivity contribution in [3.05, 3.63) is 53.3 Å². The largest absolute Gasteiger partial charge is 0.356 e. The lowest BCUT2D eigenvalue weighted by atomic mass is 10.2. The van der Waals surface area contributed by atoms with E-state index >= 15 is 0 Å². The third kappa shape index (κ3) is 2.79. The first-order chi connectivity index (χ1) is 9.52. The number of amides is 1. The number of rotatable bonds is 4. The van der Waals surface area contributed by atoms with Crippen molar-refractivity contribution in [2.75, 3.05) is 11.4 Å². The molecule has 0 saturated heterocycles. The van der Waals surface area contributed by atoms with Crippen molar-refractivity contribution < 1.29 is 9.59 Å². The highest BCUT2D eigenvalue weighted by molar-refractivity contribution is 6.06. The first-order valence-electron chi connectivity index (χ1n) is 6.60. The summed E-state index contributed by atoms with van der Waals surface area (Å²) >= 11 is 0. The molecule has 0 aliphatic heterocycles. The number of hydrogen-bond donors (Lipinski definition) is 1. The van der Waals surface area contributed by atoms with Crippen molar-refractivity contribution in [2.45, 2.75) is 20.8 Å². The van der Waals surface area contributed by atoms with Gasteiger partial charge >= 0.3 is 0 Å². The molecule has 0 saturated carbocycles. The van der Waals surface area contributed by atoms with Gasteiger partial charge in [-0.15, -0.1) is 0 Å². The third-order valence-electron chi connectivity index (χ3n) is 3.19. The Kier molecular flexibility index (Phi) is 4.03. The van der Waals surface area contributed by atoms with Crippen LogP contribution in [-0.4, -0.2) is 23.2 Å². The number of aromatic nitrogens is 1. The maximum atomic E-state index is 12.5. The van der Waals surface area contributed by atoms with Crippen LogP contribution in [0.2, 0.25) is 0 Å². The molecule has 0 fully saturated rings. The summed E-state index contributed by atoms with van der Waals surface area (Å²) < 4.78 is 0. The molecular formula is C16H18N2O2. The van der Waals surface area contributed by atoms with Gasteiger partial charge in [0, 0.05) is 24.0 Å². The van der Waals surface area contributed by atoms with Gasteiger partial charge in [0.05, 0.1) is 0 Å². The van der Waals surface area contributed by atoms with Gasteiger partial charge in [0.1, 0.15) is 5.69 Å². The first-order valence-corrected chi connectivity index (χ1v) is 6.60. The van der Waals surface area contributed by atoms with Crippen LogP contribution >= 0.6 is 0 Å². The van der Waals surface area contributed by atoms with Gasteiger partial charge in [-0.05, 0) is 44.5 Å². The molecule has 4 heteroatoms. The zero-order valence-electron chi connectivity index (χ0n) is 11.9. The Morgan fingerprint density at radius 1 is 1.25 bits per heavy atom. The van der Waals surface area contributed by atoms with Crippen molar-refractivity contribution in [3.63, 3.8) is 0 Å². The molecule has 0 spiro atoms. The summed E-state index contributed by atoms with van der Waals surface area (Å²) in [6, 6.07) is 9.39. The van der Waals surface area contributed by atoms with E-state index in [1.165, 1.54) is 6.92 Å². The van der Waals surface area contributed by atoms with E-state index in [1.54, 1.807) is 17.2 Å². The molecule has 1 heterocycles. The minimum Gasteiger partial charge on any atom is -0.356 e. The number of aromatic amines is 1. The highest BCUT2D eigenvalue weighted by Gasteiger charge is 2.18. The van der Waals surface area contributed by atoms with Crippen LogP contribution in [0.1, 0.15) is 40.3 Å². The van der Waals surface area contributed by atoms with E-state index < -0.39 is 0 Å². The van der Waals surface area contributed by atoms with E-state index in [9.17, 15) is 9.59 Å². The van der Waals surface area contributed by atoms with E-state index in [0.29, 0.717) is 17.8 Å². The lowest BCUT2D eigenvalue weighted by Gasteiger charge is -2.20. The Balaban J connectivity index is 2.31. The number of Topliss-reactive ketones (excluding diaryl/α,β-unsaturated/α-hetero) is 1. The standard InChI is InChI=1S/C16H18N2O2/c1-4-18(14-7-5-6-11(2)8-14)16(20)15-9-13(10-17-15)12(3)19/h5-10,17H,4H2,1-3H3. The van der Waals surface area contributed by atoms with Gasteiger partial charge < -0.3 is 9.88 Å². The van der Waals surface area contributed by atoms with Gasteiger partial charge in [-0.3, -0.25) is 9.59 Å². The second-order valence-electron chi connectivity index (χ2n) is 4.75. The minimum absolute atomic E-state index is 0.0566. The van der Waals surface area contributed by atoms with Crippen molar-refractivity contribution in [3.8, 4) is 0 Å². The van der Waals surface area contributed by atoms with Gasteiger partial charge in [-0.1, -0.05) is 12.1 Å². The van der Waals surface area contributed by atoms with Crippen LogP contribution in [0.15, 0.2) is 36.5 Å². The Hall–Kier alpha value is -2.36. The van der Waals surface area contributed by atoms with E-state index in [2.05, 4.69) is 4.98 Å². The quantitative estimate of drug-likeness (QED) is 0.867. The molecule has 0 aliphatic carbocycles. The predicted octanol–water partition coefficient (Wildman–Crippen LogP) is 3.19. The molecule has 1 amide bonds. The fourth-order valence-corrected chi connectivity index (χ4v) is 2.11. The van der Waals surface area contributed by atoms with Crippen molar-refractivity contribution in [1.29, 1.82) is 0 Å². The smallest absolute Gasteiger partial charge is 0.274 e. The average Bonchev–Trinajstić information content (AvgIpc) is 2.89. The van der Waals surface area contributed by atoms with Crippen LogP contribution in [0.5, 0.6) is 0 Å². The Morgan fingerprint density at radius 3 is 2.55 bits per heavy atom. The summed E-state index contributed by atoms with van der Waals surface area (Å²) in [4.78, 5) is 28.4. The summed E-state index contributed by atoms with van der Waals surface area (Å²) in [5, 5.41) is 0. The van der Waals surface area contributed by atoms with Gasteiger partial charge in [0.2, 0.25) is 0 Å². The third-order valence-corrected chi connectivity index (χ3v) is 3.19. The number of carbonyl (C=O) groups excluding carboxylic acids is 2. The van der Waals surface area contributed by atoms with Crippen LogP contribution < -0.4 is 4.90 Å². The summed E-state index contributed by atoms with van der Waals surface area (Å²) in [7, 11) is 0. The highest BCUT2D eigenvalue weighted by Crippen LogP contribution is 2.18. The first kappa shape index (κ1) is 14.1. The van der Waals surface area contributed by atoms with Crippen LogP contribution in [0.4, 0.5) is 5.69 Å². The molecule has 0 aliphatic rings. The van der Waals surface area contributed by atoms with Crippen LogP contribution in [-0.2, 0) is 0 Å². The van der Waals surface area contributed by atoms with Gasteiger partial charge in [-0.25, -0.2) is 0 Å². The molecule has 2 aromatic rings. The molecule has 20 heavy (non-hydrogen) atoms. The molecule has 1 aromatic heterocycles. The fourth-order valence-electron chi connectivity index (χ4n) is 2.11. The fraction of sp³-hybridized carbons (Fsp3) is 0.250.